The first-order valence-electron chi connectivity index (χ1n) is 1.09. The molecule has 3 N–H and O–H groups in total. The Labute approximate surface area is 29.5 Å². The lowest BCUT2D eigenvalue weighted by Gasteiger charge is -1.98. The van der Waals surface area contributed by atoms with Crippen molar-refractivity contribution in [2.45, 2.75) is 0 Å². The summed E-state index contributed by atoms with van der Waals surface area (Å²) >= 11 is 0. The van der Waals surface area contributed by atoms with Crippen LogP contribution in [-0.2, 0) is 0 Å². The lowest BCUT2D eigenvalue weighted by Crippen LogP contribution is -2.26. The van der Waals surface area contributed by atoms with Crippen LogP contribution in [0.3, 0.4) is 0 Å². The maximum Gasteiger partial charge on any atom is 0.0308 e. The molecule has 0 spiro atoms. The first-order chi connectivity index (χ1) is 2.27. The minimum atomic E-state index is 0.431. The zero-order valence-corrected chi connectivity index (χ0v) is 2.84. The molecule has 0 saturated heterocycles. The van der Waals surface area contributed by atoms with E-state index in [1.54, 1.807) is 0 Å². The second kappa shape index (κ2) is 2.10. The second-order valence-corrected chi connectivity index (χ2v) is 0.624. The normalized spacial score (nSPS) is 9.60. The predicted molar refractivity (Wildman–Crippen MR) is 14.5 cm³/mol. The molecule has 0 unspecified atom stereocenters. The molecule has 0 bridgehead atoms. The van der Waals surface area contributed by atoms with Gasteiger partial charge in [0.15, 0.2) is 0 Å². The summed E-state index contributed by atoms with van der Waals surface area (Å²) in [7, 11) is 1.25. The summed E-state index contributed by atoms with van der Waals surface area (Å²) < 4.78 is 0. The summed E-state index contributed by atoms with van der Waals surface area (Å²) in [5.74, 6) is 0. The summed E-state index contributed by atoms with van der Waals surface area (Å²) in [6, 6.07) is 0. The maximum absolute atomic E-state index is 7.83. The lowest BCUT2D eigenvalue weighted by atomic mass is 11.5. The molecular formula is CH6N2O2. The summed E-state index contributed by atoms with van der Waals surface area (Å²) in [6.07, 6.45) is 0. The fourth-order valence-corrected chi connectivity index (χ4v) is 0. The van der Waals surface area contributed by atoms with Gasteiger partial charge in [-0.3, -0.25) is 10.4 Å². The van der Waals surface area contributed by atoms with Gasteiger partial charge >= 0.3 is 0 Å². The van der Waals surface area contributed by atoms with Crippen LogP contribution < -0.4 is 5.59 Å². The van der Waals surface area contributed by atoms with Gasteiger partial charge in [-0.2, -0.15) is 0 Å². The van der Waals surface area contributed by atoms with Crippen LogP contribution in [0.25, 0.3) is 0 Å². The molecule has 0 radical (unpaired) electrons. The highest BCUT2D eigenvalue weighted by Gasteiger charge is 1.72. The fraction of sp³-hybridized carbons (Fsp3) is 1.00. The zero-order valence-electron chi connectivity index (χ0n) is 2.84. The third-order valence-electron chi connectivity index (χ3n) is 0.145. The van der Waals surface area contributed by atoms with Gasteiger partial charge in [-0.1, -0.05) is 0 Å². The Hall–Kier alpha value is -0.160. The van der Waals surface area contributed by atoms with Crippen LogP contribution in [0.15, 0.2) is 0 Å². The molecule has 0 aliphatic heterocycles. The van der Waals surface area contributed by atoms with Crippen LogP contribution in [0.5, 0.6) is 0 Å². The van der Waals surface area contributed by atoms with E-state index in [9.17, 15) is 0 Å². The molecule has 0 atom stereocenters. The topological polar surface area (TPSA) is 55.7 Å². The Balaban J connectivity index is 2.54. The van der Waals surface area contributed by atoms with Crippen LogP contribution in [0.1, 0.15) is 0 Å². The minimum absolute atomic E-state index is 0.431. The molecule has 0 aliphatic rings. The van der Waals surface area contributed by atoms with Crippen molar-refractivity contribution >= 4 is 0 Å². The SMILES string of the molecule is CN(O)NO. The van der Waals surface area contributed by atoms with E-state index in [2.05, 4.69) is 0 Å². The quantitative estimate of drug-likeness (QED) is 0.359. The van der Waals surface area contributed by atoms with Crippen molar-refractivity contribution in [3.63, 3.8) is 0 Å². The average Bonchev–Trinajstić information content (AvgIpc) is 1.38. The third-order valence-corrected chi connectivity index (χ3v) is 0.145. The number of hydrogen-bond donors (Lipinski definition) is 3. The maximum atomic E-state index is 7.83. The van der Waals surface area contributed by atoms with Gasteiger partial charge < -0.3 is 0 Å². The Morgan fingerprint density at radius 3 is 2.00 bits per heavy atom. The molecular weight excluding hydrogens is 72.0 g/mol. The molecule has 32 valence electrons. The number of nitrogens with zero attached hydrogens (tertiary/aromatic N) is 1. The molecule has 0 aliphatic carbocycles. The molecule has 0 aromatic carbocycles. The Kier molecular flexibility index (Phi) is 2.03. The molecule has 0 fully saturated rings. The van der Waals surface area contributed by atoms with Crippen molar-refractivity contribution in [3.05, 3.63) is 0 Å². The summed E-state index contributed by atoms with van der Waals surface area (Å²) in [5.41, 5.74) is 1.42. The van der Waals surface area contributed by atoms with Gasteiger partial charge in [0.1, 0.15) is 0 Å². The Bertz CT molecular complexity index is 21.6. The van der Waals surface area contributed by atoms with Gasteiger partial charge in [0, 0.05) is 7.05 Å². The van der Waals surface area contributed by atoms with Gasteiger partial charge in [0.05, 0.1) is 0 Å². The van der Waals surface area contributed by atoms with Gasteiger partial charge in [-0.15, -0.1) is 10.8 Å². The number of hydrogen-bond acceptors (Lipinski definition) is 4. The largest absolute Gasteiger partial charge is 0.300 e. The Morgan fingerprint density at radius 1 is 1.80 bits per heavy atom. The zero-order chi connectivity index (χ0) is 4.28. The van der Waals surface area contributed by atoms with E-state index in [0.29, 0.717) is 5.17 Å². The van der Waals surface area contributed by atoms with E-state index in [0.717, 1.165) is 0 Å². The van der Waals surface area contributed by atoms with Crippen molar-refractivity contribution in [2.24, 2.45) is 0 Å². The highest BCUT2D eigenvalue weighted by molar-refractivity contribution is 3.84. The van der Waals surface area contributed by atoms with Crippen LogP contribution in [-0.4, -0.2) is 22.6 Å². The first kappa shape index (κ1) is 4.84. The van der Waals surface area contributed by atoms with E-state index in [1.165, 1.54) is 12.6 Å². The van der Waals surface area contributed by atoms with Crippen LogP contribution >= 0.6 is 0 Å². The van der Waals surface area contributed by atoms with Gasteiger partial charge in [0.2, 0.25) is 0 Å². The van der Waals surface area contributed by atoms with Gasteiger partial charge in [-0.05, 0) is 0 Å². The van der Waals surface area contributed by atoms with Crippen molar-refractivity contribution in [1.82, 2.24) is 10.8 Å². The van der Waals surface area contributed by atoms with E-state index in [-0.39, 0.29) is 0 Å². The summed E-state index contributed by atoms with van der Waals surface area (Å²) in [5, 5.41) is 15.8. The van der Waals surface area contributed by atoms with Crippen LogP contribution in [0.4, 0.5) is 0 Å². The van der Waals surface area contributed by atoms with Crippen molar-refractivity contribution in [1.29, 1.82) is 0 Å². The highest BCUT2D eigenvalue weighted by Crippen LogP contribution is 1.47. The van der Waals surface area contributed by atoms with Crippen LogP contribution in [0.2, 0.25) is 0 Å². The molecule has 0 heterocycles. The molecule has 5 heavy (non-hydrogen) atoms. The van der Waals surface area contributed by atoms with Gasteiger partial charge in [0.25, 0.3) is 0 Å². The molecule has 0 saturated carbocycles. The monoisotopic (exact) mass is 78.0 g/mol. The average molecular weight is 78.1 g/mol. The van der Waals surface area contributed by atoms with Crippen LogP contribution in [0, 0.1) is 0 Å². The highest BCUT2D eigenvalue weighted by atomic mass is 16.7. The second-order valence-electron chi connectivity index (χ2n) is 0.624. The number of nitrogens with one attached hydrogen (secondary N) is 1. The van der Waals surface area contributed by atoms with E-state index < -0.39 is 0 Å². The molecule has 0 rings (SSSR count). The third kappa shape index (κ3) is 3.84. The number of rotatable bonds is 1. The van der Waals surface area contributed by atoms with E-state index in [1.807, 2.05) is 0 Å². The smallest absolute Gasteiger partial charge is 0.0308 e. The van der Waals surface area contributed by atoms with Crippen molar-refractivity contribution in [2.75, 3.05) is 7.05 Å². The standard InChI is InChI=1S/CH6N2O2/c1-3(5)2-4/h2,4-5H,1H3. The van der Waals surface area contributed by atoms with E-state index >= 15 is 0 Å². The molecule has 4 nitrogen and oxygen atoms in total. The summed E-state index contributed by atoms with van der Waals surface area (Å²) in [6.45, 7) is 0. The van der Waals surface area contributed by atoms with Crippen molar-refractivity contribution < 1.29 is 10.4 Å². The number of hydrazine groups is 1. The molecule has 0 amide bonds. The summed E-state index contributed by atoms with van der Waals surface area (Å²) in [4.78, 5) is 0. The number of hydroxylamine groups is 1. The molecule has 4 heteroatoms. The fourth-order valence-electron chi connectivity index (χ4n) is 0. The van der Waals surface area contributed by atoms with Crippen molar-refractivity contribution in [3.8, 4) is 0 Å². The first-order valence-corrected chi connectivity index (χ1v) is 1.09. The molecule has 0 aromatic rings. The Morgan fingerprint density at radius 2 is 2.00 bits per heavy atom. The minimum Gasteiger partial charge on any atom is -0.300 e. The lowest BCUT2D eigenvalue weighted by molar-refractivity contribution is -0.197. The van der Waals surface area contributed by atoms with E-state index in [4.69, 9.17) is 10.4 Å². The molecule has 0 aromatic heterocycles. The predicted octanol–water partition coefficient (Wildman–Crippen LogP) is -0.799. The van der Waals surface area contributed by atoms with Gasteiger partial charge in [-0.25, -0.2) is 0 Å².